The molecule has 0 aliphatic carbocycles. The maximum atomic E-state index is 13.0. The summed E-state index contributed by atoms with van der Waals surface area (Å²) in [6.07, 6.45) is 0.148. The number of aryl methyl sites for hydroxylation is 2. The van der Waals surface area contributed by atoms with Crippen LogP contribution < -0.4 is 9.64 Å². The van der Waals surface area contributed by atoms with Gasteiger partial charge < -0.3 is 9.64 Å². The Morgan fingerprint density at radius 1 is 0.926 bits per heavy atom. The van der Waals surface area contributed by atoms with Crippen LogP contribution in [-0.4, -0.2) is 45.0 Å². The van der Waals surface area contributed by atoms with Gasteiger partial charge in [0.15, 0.2) is 0 Å². The van der Waals surface area contributed by atoms with Crippen LogP contribution in [0.3, 0.4) is 0 Å². The van der Waals surface area contributed by atoms with Gasteiger partial charge in [0.05, 0.1) is 11.0 Å². The van der Waals surface area contributed by atoms with Crippen molar-refractivity contribution in [3.05, 3.63) is 53.6 Å². The average Bonchev–Trinajstić information content (AvgIpc) is 2.64. The largest absolute Gasteiger partial charge is 0.491 e. The molecule has 146 valence electrons. The molecule has 0 radical (unpaired) electrons. The molecule has 2 aromatic rings. The molecule has 0 N–H and O–H groups in total. The molecule has 0 amide bonds. The summed E-state index contributed by atoms with van der Waals surface area (Å²) >= 11 is 0. The van der Waals surface area contributed by atoms with Crippen LogP contribution in [-0.2, 0) is 10.0 Å². The lowest BCUT2D eigenvalue weighted by molar-refractivity contribution is 0.242. The van der Waals surface area contributed by atoms with Gasteiger partial charge in [-0.2, -0.15) is 4.31 Å². The highest BCUT2D eigenvalue weighted by molar-refractivity contribution is 7.89. The maximum absolute atomic E-state index is 13.0. The van der Waals surface area contributed by atoms with E-state index in [1.165, 1.54) is 0 Å². The van der Waals surface area contributed by atoms with Crippen LogP contribution in [0.4, 0.5) is 5.69 Å². The van der Waals surface area contributed by atoms with E-state index in [4.69, 9.17) is 4.74 Å². The third-order valence-corrected chi connectivity index (χ3v) is 6.81. The molecule has 0 saturated carbocycles. The number of hydrogen-bond donors (Lipinski definition) is 0. The van der Waals surface area contributed by atoms with Crippen LogP contribution in [0.25, 0.3) is 0 Å². The smallest absolute Gasteiger partial charge is 0.243 e. The Balaban J connectivity index is 1.68. The first kappa shape index (κ1) is 19.7. The molecular formula is C21H28N2O3S. The van der Waals surface area contributed by atoms with Crippen molar-refractivity contribution in [1.29, 1.82) is 0 Å². The van der Waals surface area contributed by atoms with E-state index in [0.29, 0.717) is 31.1 Å². The Morgan fingerprint density at radius 2 is 1.56 bits per heavy atom. The summed E-state index contributed by atoms with van der Waals surface area (Å²) in [7, 11) is -3.45. The van der Waals surface area contributed by atoms with Gasteiger partial charge in [0, 0.05) is 31.9 Å². The zero-order valence-corrected chi connectivity index (χ0v) is 17.3. The summed E-state index contributed by atoms with van der Waals surface area (Å²) in [5.74, 6) is 0.852. The number of ether oxygens (including phenoxy) is 1. The topological polar surface area (TPSA) is 49.9 Å². The van der Waals surface area contributed by atoms with Crippen molar-refractivity contribution in [2.24, 2.45) is 0 Å². The number of piperazine rings is 1. The van der Waals surface area contributed by atoms with Crippen molar-refractivity contribution in [2.75, 3.05) is 31.1 Å². The van der Waals surface area contributed by atoms with Crippen molar-refractivity contribution in [3.63, 3.8) is 0 Å². The van der Waals surface area contributed by atoms with Gasteiger partial charge in [0.1, 0.15) is 5.75 Å². The second-order valence-corrected chi connectivity index (χ2v) is 9.23. The van der Waals surface area contributed by atoms with E-state index in [0.717, 1.165) is 22.6 Å². The molecule has 0 spiro atoms. The molecule has 0 bridgehead atoms. The number of anilines is 1. The zero-order valence-electron chi connectivity index (χ0n) is 16.5. The summed E-state index contributed by atoms with van der Waals surface area (Å²) in [6.45, 7) is 10.1. The molecule has 27 heavy (non-hydrogen) atoms. The second kappa shape index (κ2) is 7.90. The Hall–Kier alpha value is -2.05. The molecule has 5 nitrogen and oxygen atoms in total. The third-order valence-electron chi connectivity index (χ3n) is 4.77. The fourth-order valence-corrected chi connectivity index (χ4v) is 5.05. The minimum atomic E-state index is -3.45. The first-order chi connectivity index (χ1) is 12.8. The highest BCUT2D eigenvalue weighted by atomic mass is 32.2. The van der Waals surface area contributed by atoms with Gasteiger partial charge in [0.2, 0.25) is 10.0 Å². The molecule has 0 aromatic heterocycles. The lowest BCUT2D eigenvalue weighted by atomic mass is 10.2. The predicted molar refractivity (Wildman–Crippen MR) is 109 cm³/mol. The molecule has 0 unspecified atom stereocenters. The van der Waals surface area contributed by atoms with Gasteiger partial charge in [-0.1, -0.05) is 12.1 Å². The second-order valence-electron chi connectivity index (χ2n) is 7.32. The number of nitrogens with zero attached hydrogens (tertiary/aromatic N) is 2. The van der Waals surface area contributed by atoms with E-state index < -0.39 is 10.0 Å². The molecular weight excluding hydrogens is 360 g/mol. The van der Waals surface area contributed by atoms with Crippen LogP contribution in [0.5, 0.6) is 5.75 Å². The van der Waals surface area contributed by atoms with E-state index in [1.54, 1.807) is 10.4 Å². The van der Waals surface area contributed by atoms with Crippen molar-refractivity contribution < 1.29 is 13.2 Å². The van der Waals surface area contributed by atoms with Crippen molar-refractivity contribution in [3.8, 4) is 5.75 Å². The normalized spacial score (nSPS) is 16.0. The first-order valence-corrected chi connectivity index (χ1v) is 10.8. The predicted octanol–water partition coefficient (Wildman–Crippen LogP) is 3.60. The maximum Gasteiger partial charge on any atom is 0.243 e. The Morgan fingerprint density at radius 3 is 2.15 bits per heavy atom. The lowest BCUT2D eigenvalue weighted by Gasteiger charge is -2.35. The van der Waals surface area contributed by atoms with Gasteiger partial charge in [-0.25, -0.2) is 8.42 Å². The highest BCUT2D eigenvalue weighted by Gasteiger charge is 2.29. The van der Waals surface area contributed by atoms with E-state index in [-0.39, 0.29) is 6.10 Å². The molecule has 6 heteroatoms. The van der Waals surface area contributed by atoms with Gasteiger partial charge in [-0.3, -0.25) is 0 Å². The van der Waals surface area contributed by atoms with Crippen LogP contribution in [0.15, 0.2) is 47.4 Å². The summed E-state index contributed by atoms with van der Waals surface area (Å²) in [6, 6.07) is 13.6. The summed E-state index contributed by atoms with van der Waals surface area (Å²) in [5, 5.41) is 0. The number of rotatable bonds is 5. The first-order valence-electron chi connectivity index (χ1n) is 9.36. The molecule has 1 aliphatic heterocycles. The van der Waals surface area contributed by atoms with Crippen LogP contribution in [0, 0.1) is 13.8 Å². The van der Waals surface area contributed by atoms with E-state index >= 15 is 0 Å². The van der Waals surface area contributed by atoms with E-state index in [1.807, 2.05) is 64.1 Å². The van der Waals surface area contributed by atoms with Crippen LogP contribution in [0.2, 0.25) is 0 Å². The number of benzene rings is 2. The van der Waals surface area contributed by atoms with Crippen molar-refractivity contribution in [1.82, 2.24) is 4.31 Å². The van der Waals surface area contributed by atoms with Gasteiger partial charge in [-0.05, 0) is 69.2 Å². The number of hydrogen-bond acceptors (Lipinski definition) is 4. The molecule has 1 aliphatic rings. The average molecular weight is 389 g/mol. The Kier molecular flexibility index (Phi) is 5.77. The standard InChI is InChI=1S/C21H28N2O3S/c1-16(2)26-20-9-7-19(8-10-20)22-11-13-23(14-12-22)27(24,25)21-15-17(3)5-6-18(21)4/h5-10,15-16H,11-14H2,1-4H3. The quantitative estimate of drug-likeness (QED) is 0.785. The molecule has 0 atom stereocenters. The van der Waals surface area contributed by atoms with E-state index in [9.17, 15) is 8.42 Å². The van der Waals surface area contributed by atoms with E-state index in [2.05, 4.69) is 4.90 Å². The Bertz CT molecular complexity index is 884. The summed E-state index contributed by atoms with van der Waals surface area (Å²) in [5.41, 5.74) is 2.85. The molecule has 2 aromatic carbocycles. The van der Waals surface area contributed by atoms with Crippen molar-refractivity contribution >= 4 is 15.7 Å². The minimum Gasteiger partial charge on any atom is -0.491 e. The van der Waals surface area contributed by atoms with Gasteiger partial charge in [0.25, 0.3) is 0 Å². The molecule has 1 heterocycles. The number of sulfonamides is 1. The lowest BCUT2D eigenvalue weighted by Crippen LogP contribution is -2.48. The SMILES string of the molecule is Cc1ccc(C)c(S(=O)(=O)N2CCN(c3ccc(OC(C)C)cc3)CC2)c1. The van der Waals surface area contributed by atoms with Crippen molar-refractivity contribution in [2.45, 2.75) is 38.7 Å². The van der Waals surface area contributed by atoms with Crippen LogP contribution >= 0.6 is 0 Å². The van der Waals surface area contributed by atoms with Gasteiger partial charge in [-0.15, -0.1) is 0 Å². The van der Waals surface area contributed by atoms with Crippen LogP contribution in [0.1, 0.15) is 25.0 Å². The Labute approximate surface area is 162 Å². The highest BCUT2D eigenvalue weighted by Crippen LogP contribution is 2.25. The molecule has 3 rings (SSSR count). The van der Waals surface area contributed by atoms with Gasteiger partial charge >= 0.3 is 0 Å². The minimum absolute atomic E-state index is 0.148. The fourth-order valence-electron chi connectivity index (χ4n) is 3.32. The molecule has 1 saturated heterocycles. The zero-order chi connectivity index (χ0) is 19.6. The summed E-state index contributed by atoms with van der Waals surface area (Å²) in [4.78, 5) is 2.64. The fraction of sp³-hybridized carbons (Fsp3) is 0.429. The summed E-state index contributed by atoms with van der Waals surface area (Å²) < 4.78 is 33.4. The molecule has 1 fully saturated rings. The third kappa shape index (κ3) is 4.45. The monoisotopic (exact) mass is 388 g/mol.